The summed E-state index contributed by atoms with van der Waals surface area (Å²) in [6.07, 6.45) is 4.15. The summed E-state index contributed by atoms with van der Waals surface area (Å²) in [6, 6.07) is 9.20. The fourth-order valence-corrected chi connectivity index (χ4v) is 2.14. The molecule has 1 aromatic carbocycles. The minimum Gasteiger partial charge on any atom is -0.324 e. The Labute approximate surface area is 110 Å². The van der Waals surface area contributed by atoms with Crippen LogP contribution in [0.1, 0.15) is 17.2 Å². The molecule has 88 valence electrons. The van der Waals surface area contributed by atoms with Crippen LogP contribution in [0.15, 0.2) is 42.7 Å². The normalized spacial score (nSPS) is 12.4. The van der Waals surface area contributed by atoms with Crippen LogP contribution in [0.4, 0.5) is 0 Å². The van der Waals surface area contributed by atoms with Crippen LogP contribution >= 0.6 is 23.2 Å². The summed E-state index contributed by atoms with van der Waals surface area (Å²) in [5.74, 6) is 0. The first kappa shape index (κ1) is 12.4. The van der Waals surface area contributed by atoms with E-state index in [1.165, 1.54) is 0 Å². The fraction of sp³-hybridized carbons (Fsp3) is 0.154. The van der Waals surface area contributed by atoms with Gasteiger partial charge in [0.05, 0.1) is 0 Å². The number of halogens is 2. The van der Waals surface area contributed by atoms with Crippen LogP contribution in [0, 0.1) is 0 Å². The highest BCUT2D eigenvalue weighted by Gasteiger charge is 2.09. The summed E-state index contributed by atoms with van der Waals surface area (Å²) in [7, 11) is 0. The van der Waals surface area contributed by atoms with Crippen LogP contribution in [0.25, 0.3) is 0 Å². The average Bonchev–Trinajstić information content (AvgIpc) is 2.34. The molecule has 0 saturated carbocycles. The van der Waals surface area contributed by atoms with Crippen LogP contribution in [0.5, 0.6) is 0 Å². The van der Waals surface area contributed by atoms with E-state index < -0.39 is 0 Å². The summed E-state index contributed by atoms with van der Waals surface area (Å²) in [6.45, 7) is 0. The van der Waals surface area contributed by atoms with Crippen molar-refractivity contribution in [1.82, 2.24) is 4.98 Å². The van der Waals surface area contributed by atoms with Crippen molar-refractivity contribution < 1.29 is 0 Å². The first-order valence-electron chi connectivity index (χ1n) is 5.26. The first-order valence-corrected chi connectivity index (χ1v) is 6.02. The van der Waals surface area contributed by atoms with E-state index in [1.807, 2.05) is 24.3 Å². The number of pyridine rings is 1. The predicted molar refractivity (Wildman–Crippen MR) is 71.3 cm³/mol. The first-order chi connectivity index (χ1) is 8.16. The Morgan fingerprint density at radius 2 is 1.82 bits per heavy atom. The van der Waals surface area contributed by atoms with Crippen molar-refractivity contribution in [1.29, 1.82) is 0 Å². The van der Waals surface area contributed by atoms with Crippen molar-refractivity contribution >= 4 is 23.2 Å². The molecule has 0 fully saturated rings. The summed E-state index contributed by atoms with van der Waals surface area (Å²) in [5.41, 5.74) is 8.16. The third-order valence-corrected chi connectivity index (χ3v) is 3.18. The topological polar surface area (TPSA) is 38.9 Å². The molecule has 0 aliphatic carbocycles. The number of rotatable bonds is 3. The van der Waals surface area contributed by atoms with Crippen LogP contribution in [-0.2, 0) is 6.42 Å². The van der Waals surface area contributed by atoms with E-state index in [2.05, 4.69) is 4.98 Å². The molecule has 0 radical (unpaired) electrons. The van der Waals surface area contributed by atoms with Crippen molar-refractivity contribution in [2.45, 2.75) is 12.5 Å². The van der Waals surface area contributed by atoms with Gasteiger partial charge in [-0.3, -0.25) is 4.98 Å². The highest BCUT2D eigenvalue weighted by Crippen LogP contribution is 2.24. The largest absolute Gasteiger partial charge is 0.324 e. The van der Waals surface area contributed by atoms with Crippen molar-refractivity contribution in [3.05, 3.63) is 63.9 Å². The molecule has 2 nitrogen and oxygen atoms in total. The van der Waals surface area contributed by atoms with Gasteiger partial charge in [0.15, 0.2) is 0 Å². The van der Waals surface area contributed by atoms with Gasteiger partial charge in [-0.2, -0.15) is 0 Å². The monoisotopic (exact) mass is 266 g/mol. The zero-order chi connectivity index (χ0) is 12.3. The third kappa shape index (κ3) is 3.19. The Bertz CT molecular complexity index is 500. The van der Waals surface area contributed by atoms with Gasteiger partial charge in [0, 0.05) is 28.5 Å². The molecule has 0 saturated heterocycles. The third-order valence-electron chi connectivity index (χ3n) is 2.59. The van der Waals surface area contributed by atoms with E-state index >= 15 is 0 Å². The molecular weight excluding hydrogens is 255 g/mol. The molecule has 1 atom stereocenters. The van der Waals surface area contributed by atoms with Crippen molar-refractivity contribution in [2.24, 2.45) is 5.73 Å². The van der Waals surface area contributed by atoms with Gasteiger partial charge in [0.25, 0.3) is 0 Å². The van der Waals surface area contributed by atoms with Gasteiger partial charge < -0.3 is 5.73 Å². The Balaban J connectivity index is 2.16. The summed E-state index contributed by atoms with van der Waals surface area (Å²) < 4.78 is 0. The van der Waals surface area contributed by atoms with E-state index in [1.54, 1.807) is 18.5 Å². The summed E-state index contributed by atoms with van der Waals surface area (Å²) in [5, 5.41) is 1.29. The smallest absolute Gasteiger partial charge is 0.0453 e. The minimum atomic E-state index is -0.0864. The molecule has 0 spiro atoms. The lowest BCUT2D eigenvalue weighted by atomic mass is 10.0. The number of aromatic nitrogens is 1. The molecule has 0 amide bonds. The highest BCUT2D eigenvalue weighted by atomic mass is 35.5. The Morgan fingerprint density at radius 1 is 1.12 bits per heavy atom. The average molecular weight is 267 g/mol. The maximum absolute atomic E-state index is 6.11. The van der Waals surface area contributed by atoms with Gasteiger partial charge in [-0.1, -0.05) is 29.3 Å². The van der Waals surface area contributed by atoms with Crippen molar-refractivity contribution in [3.8, 4) is 0 Å². The number of benzene rings is 1. The molecule has 2 N–H and O–H groups in total. The van der Waals surface area contributed by atoms with Crippen LogP contribution in [0.2, 0.25) is 10.0 Å². The number of hydrogen-bond acceptors (Lipinski definition) is 2. The van der Waals surface area contributed by atoms with E-state index in [0.29, 0.717) is 16.5 Å². The molecule has 0 aliphatic rings. The quantitative estimate of drug-likeness (QED) is 0.922. The second kappa shape index (κ2) is 5.50. The van der Waals surface area contributed by atoms with Gasteiger partial charge in [-0.25, -0.2) is 0 Å². The molecule has 4 heteroatoms. The lowest BCUT2D eigenvalue weighted by molar-refractivity contribution is 0.720. The highest BCUT2D eigenvalue weighted by molar-refractivity contribution is 6.35. The van der Waals surface area contributed by atoms with E-state index in [0.717, 1.165) is 11.1 Å². The zero-order valence-electron chi connectivity index (χ0n) is 9.11. The fourth-order valence-electron chi connectivity index (χ4n) is 1.65. The summed E-state index contributed by atoms with van der Waals surface area (Å²) in [4.78, 5) is 3.96. The van der Waals surface area contributed by atoms with Gasteiger partial charge >= 0.3 is 0 Å². The van der Waals surface area contributed by atoms with Gasteiger partial charge in [-0.05, 0) is 41.8 Å². The number of nitrogens with zero attached hydrogens (tertiary/aromatic N) is 1. The standard InChI is InChI=1S/C13H12Cl2N2/c14-11-2-1-10(12(15)8-11)7-13(16)9-3-5-17-6-4-9/h1-6,8,13H,7,16H2. The van der Waals surface area contributed by atoms with Crippen molar-refractivity contribution in [3.63, 3.8) is 0 Å². The lowest BCUT2D eigenvalue weighted by Crippen LogP contribution is -2.13. The van der Waals surface area contributed by atoms with Crippen molar-refractivity contribution in [2.75, 3.05) is 0 Å². The van der Waals surface area contributed by atoms with Crippen LogP contribution < -0.4 is 5.73 Å². The molecule has 0 aliphatic heterocycles. The van der Waals surface area contributed by atoms with E-state index in [9.17, 15) is 0 Å². The molecule has 17 heavy (non-hydrogen) atoms. The summed E-state index contributed by atoms with van der Waals surface area (Å²) >= 11 is 12.0. The number of nitrogens with two attached hydrogens (primary N) is 1. The Morgan fingerprint density at radius 3 is 2.47 bits per heavy atom. The molecule has 2 aromatic rings. The number of hydrogen-bond donors (Lipinski definition) is 1. The van der Waals surface area contributed by atoms with Gasteiger partial charge in [0.2, 0.25) is 0 Å². The molecule has 1 heterocycles. The van der Waals surface area contributed by atoms with Crippen LogP contribution in [-0.4, -0.2) is 4.98 Å². The maximum Gasteiger partial charge on any atom is 0.0453 e. The minimum absolute atomic E-state index is 0.0864. The van der Waals surface area contributed by atoms with Gasteiger partial charge in [0.1, 0.15) is 0 Å². The SMILES string of the molecule is NC(Cc1ccc(Cl)cc1Cl)c1ccncc1. The lowest BCUT2D eigenvalue weighted by Gasteiger charge is -2.13. The van der Waals surface area contributed by atoms with E-state index in [-0.39, 0.29) is 6.04 Å². The predicted octanol–water partition coefficient (Wildman–Crippen LogP) is 3.63. The maximum atomic E-state index is 6.11. The molecule has 0 bridgehead atoms. The van der Waals surface area contributed by atoms with Gasteiger partial charge in [-0.15, -0.1) is 0 Å². The Hall–Kier alpha value is -1.09. The molecule has 1 unspecified atom stereocenters. The Kier molecular flexibility index (Phi) is 4.00. The molecular formula is C13H12Cl2N2. The second-order valence-electron chi connectivity index (χ2n) is 3.83. The zero-order valence-corrected chi connectivity index (χ0v) is 10.6. The molecule has 1 aromatic heterocycles. The van der Waals surface area contributed by atoms with E-state index in [4.69, 9.17) is 28.9 Å². The molecule has 2 rings (SSSR count). The second-order valence-corrected chi connectivity index (χ2v) is 4.67. The van der Waals surface area contributed by atoms with Crippen LogP contribution in [0.3, 0.4) is 0 Å².